The van der Waals surface area contributed by atoms with Crippen molar-refractivity contribution in [1.29, 1.82) is 0 Å². The fourth-order valence-electron chi connectivity index (χ4n) is 2.74. The van der Waals surface area contributed by atoms with E-state index in [9.17, 15) is 5.11 Å². The zero-order valence-electron chi connectivity index (χ0n) is 11.9. The average molecular weight is 267 g/mol. The molecule has 108 valence electrons. The van der Waals surface area contributed by atoms with Gasteiger partial charge in [-0.25, -0.2) is 4.98 Å². The Balaban J connectivity index is 1.87. The molecule has 5 nitrogen and oxygen atoms in total. The van der Waals surface area contributed by atoms with Gasteiger partial charge in [0.05, 0.1) is 19.0 Å². The highest BCUT2D eigenvalue weighted by molar-refractivity contribution is 4.88. The number of aliphatic hydroxyl groups excluding tert-OH is 1. The summed E-state index contributed by atoms with van der Waals surface area (Å²) in [4.78, 5) is 6.46. The lowest BCUT2D eigenvalue weighted by molar-refractivity contribution is 0.00858. The molecule has 0 aromatic carbocycles. The van der Waals surface area contributed by atoms with Crippen LogP contribution in [0.1, 0.15) is 26.3 Å². The van der Waals surface area contributed by atoms with Crippen molar-refractivity contribution in [2.24, 2.45) is 5.92 Å². The van der Waals surface area contributed by atoms with Crippen LogP contribution in [0, 0.1) is 5.92 Å². The van der Waals surface area contributed by atoms with Crippen molar-refractivity contribution in [3.05, 3.63) is 18.7 Å². The van der Waals surface area contributed by atoms with Gasteiger partial charge in [-0.05, 0) is 25.8 Å². The van der Waals surface area contributed by atoms with Crippen LogP contribution in [-0.4, -0.2) is 58.5 Å². The van der Waals surface area contributed by atoms with Gasteiger partial charge in [0.2, 0.25) is 0 Å². The average Bonchev–Trinajstić information content (AvgIpc) is 2.92. The first kappa shape index (κ1) is 14.5. The van der Waals surface area contributed by atoms with E-state index in [0.717, 1.165) is 19.5 Å². The molecule has 1 aliphatic heterocycles. The maximum atomic E-state index is 9.93. The highest BCUT2D eigenvalue weighted by Gasteiger charge is 2.28. The van der Waals surface area contributed by atoms with Gasteiger partial charge in [-0.1, -0.05) is 6.92 Å². The van der Waals surface area contributed by atoms with Crippen molar-refractivity contribution in [1.82, 2.24) is 14.5 Å². The molecule has 1 fully saturated rings. The molecule has 0 saturated carbocycles. The van der Waals surface area contributed by atoms with E-state index in [1.165, 1.54) is 0 Å². The van der Waals surface area contributed by atoms with E-state index < -0.39 is 6.10 Å². The number of imidazole rings is 1. The molecule has 1 saturated heterocycles. The fourth-order valence-corrected chi connectivity index (χ4v) is 2.74. The minimum Gasteiger partial charge on any atom is -0.389 e. The third kappa shape index (κ3) is 4.03. The van der Waals surface area contributed by atoms with Crippen LogP contribution in [-0.2, 0) is 4.74 Å². The van der Waals surface area contributed by atoms with Crippen molar-refractivity contribution in [2.75, 3.05) is 32.8 Å². The van der Waals surface area contributed by atoms with Crippen molar-refractivity contribution in [3.63, 3.8) is 0 Å². The monoisotopic (exact) mass is 267 g/mol. The number of ether oxygens (including phenoxy) is 1. The Morgan fingerprint density at radius 2 is 2.37 bits per heavy atom. The van der Waals surface area contributed by atoms with Crippen LogP contribution in [0.3, 0.4) is 0 Å². The number of β-amino-alcohol motifs (C(OH)–C–C–N with tert-alkyl or cyclic N) is 1. The van der Waals surface area contributed by atoms with Crippen LogP contribution >= 0.6 is 0 Å². The molecular formula is C14H25N3O2. The molecule has 1 N–H and O–H groups in total. The Morgan fingerprint density at radius 1 is 1.53 bits per heavy atom. The lowest BCUT2D eigenvalue weighted by Gasteiger charge is -2.38. The lowest BCUT2D eigenvalue weighted by Crippen LogP contribution is -2.44. The Labute approximate surface area is 115 Å². The van der Waals surface area contributed by atoms with Crippen molar-refractivity contribution < 1.29 is 9.84 Å². The minimum absolute atomic E-state index is 0.392. The van der Waals surface area contributed by atoms with Crippen LogP contribution in [0.4, 0.5) is 0 Å². The number of aliphatic hydroxyl groups is 1. The number of aromatic nitrogens is 2. The largest absolute Gasteiger partial charge is 0.389 e. The van der Waals surface area contributed by atoms with Crippen molar-refractivity contribution in [3.8, 4) is 0 Å². The summed E-state index contributed by atoms with van der Waals surface area (Å²) in [7, 11) is 0. The summed E-state index contributed by atoms with van der Waals surface area (Å²) in [6.45, 7) is 8.04. The molecule has 0 bridgehead atoms. The predicted octanol–water partition coefficient (Wildman–Crippen LogP) is 1.16. The standard InChI is InChI=1S/C14H25N3O2/c1-3-19-10-13(18)8-16-6-4-12(2)14(9-16)17-7-5-15-11-17/h5,7,11-14,18H,3-4,6,8-10H2,1-2H3/t12-,13-,14+/m1/s1. The summed E-state index contributed by atoms with van der Waals surface area (Å²) in [6.07, 6.45) is 6.51. The lowest BCUT2D eigenvalue weighted by atomic mass is 9.93. The van der Waals surface area contributed by atoms with Gasteiger partial charge in [0.25, 0.3) is 0 Å². The van der Waals surface area contributed by atoms with E-state index >= 15 is 0 Å². The van der Waals surface area contributed by atoms with Gasteiger partial charge in [0.15, 0.2) is 0 Å². The van der Waals surface area contributed by atoms with Gasteiger partial charge >= 0.3 is 0 Å². The maximum Gasteiger partial charge on any atom is 0.0949 e. The Bertz CT molecular complexity index is 356. The third-order valence-corrected chi connectivity index (χ3v) is 3.89. The summed E-state index contributed by atoms with van der Waals surface area (Å²) >= 11 is 0. The molecule has 19 heavy (non-hydrogen) atoms. The van der Waals surface area contributed by atoms with E-state index in [0.29, 0.717) is 31.7 Å². The third-order valence-electron chi connectivity index (χ3n) is 3.89. The molecule has 0 radical (unpaired) electrons. The summed E-state index contributed by atoms with van der Waals surface area (Å²) in [5, 5.41) is 9.93. The molecule has 2 rings (SSSR count). The normalized spacial score (nSPS) is 26.5. The zero-order chi connectivity index (χ0) is 13.7. The Kier molecular flexibility index (Phi) is 5.36. The maximum absolute atomic E-state index is 9.93. The number of hydrogen-bond acceptors (Lipinski definition) is 4. The van der Waals surface area contributed by atoms with Crippen LogP contribution in [0.15, 0.2) is 18.7 Å². The number of nitrogens with zero attached hydrogens (tertiary/aromatic N) is 3. The van der Waals surface area contributed by atoms with Gasteiger partial charge in [-0.3, -0.25) is 4.90 Å². The van der Waals surface area contributed by atoms with Gasteiger partial charge in [0, 0.05) is 38.1 Å². The zero-order valence-corrected chi connectivity index (χ0v) is 11.9. The van der Waals surface area contributed by atoms with E-state index in [2.05, 4.69) is 21.4 Å². The molecule has 3 atom stereocenters. The Morgan fingerprint density at radius 3 is 3.05 bits per heavy atom. The summed E-state index contributed by atoms with van der Waals surface area (Å²) < 4.78 is 7.45. The topological polar surface area (TPSA) is 50.5 Å². The van der Waals surface area contributed by atoms with Crippen LogP contribution < -0.4 is 0 Å². The number of hydrogen-bond donors (Lipinski definition) is 1. The van der Waals surface area contributed by atoms with Gasteiger partial charge < -0.3 is 14.4 Å². The molecule has 1 aromatic rings. The number of likely N-dealkylation sites (tertiary alicyclic amines) is 1. The summed E-state index contributed by atoms with van der Waals surface area (Å²) in [5.41, 5.74) is 0. The van der Waals surface area contributed by atoms with E-state index in [4.69, 9.17) is 4.74 Å². The summed E-state index contributed by atoms with van der Waals surface area (Å²) in [6, 6.07) is 0.454. The molecule has 0 aliphatic carbocycles. The van der Waals surface area contributed by atoms with Gasteiger partial charge in [-0.15, -0.1) is 0 Å². The van der Waals surface area contributed by atoms with Crippen LogP contribution in [0.25, 0.3) is 0 Å². The van der Waals surface area contributed by atoms with Crippen LogP contribution in [0.2, 0.25) is 0 Å². The van der Waals surface area contributed by atoms with Crippen molar-refractivity contribution in [2.45, 2.75) is 32.4 Å². The molecule has 0 unspecified atom stereocenters. The fraction of sp³-hybridized carbons (Fsp3) is 0.786. The Hall–Kier alpha value is -0.910. The minimum atomic E-state index is -0.392. The molecule has 5 heteroatoms. The van der Waals surface area contributed by atoms with Crippen molar-refractivity contribution >= 4 is 0 Å². The van der Waals surface area contributed by atoms with E-state index in [-0.39, 0.29) is 0 Å². The predicted molar refractivity (Wildman–Crippen MR) is 74.0 cm³/mol. The van der Waals surface area contributed by atoms with Gasteiger partial charge in [-0.2, -0.15) is 0 Å². The number of rotatable bonds is 6. The second kappa shape index (κ2) is 7.03. The van der Waals surface area contributed by atoms with Crippen LogP contribution in [0.5, 0.6) is 0 Å². The molecule has 1 aliphatic rings. The molecular weight excluding hydrogens is 242 g/mol. The van der Waals surface area contributed by atoms with E-state index in [1.807, 2.05) is 25.6 Å². The molecule has 2 heterocycles. The first-order chi connectivity index (χ1) is 9.20. The molecule has 1 aromatic heterocycles. The summed E-state index contributed by atoms with van der Waals surface area (Å²) in [5.74, 6) is 0.648. The highest BCUT2D eigenvalue weighted by atomic mass is 16.5. The molecule has 0 amide bonds. The van der Waals surface area contributed by atoms with Gasteiger partial charge in [0.1, 0.15) is 0 Å². The first-order valence-corrected chi connectivity index (χ1v) is 7.16. The van der Waals surface area contributed by atoms with E-state index in [1.54, 1.807) is 0 Å². The SMILES string of the molecule is CCOC[C@H](O)CN1CC[C@@H](C)[C@@H](n2ccnc2)C1. The molecule has 0 spiro atoms. The second-order valence-corrected chi connectivity index (χ2v) is 5.42. The highest BCUT2D eigenvalue weighted by Crippen LogP contribution is 2.27. The number of piperidine rings is 1. The quantitative estimate of drug-likeness (QED) is 0.840. The first-order valence-electron chi connectivity index (χ1n) is 7.16. The second-order valence-electron chi connectivity index (χ2n) is 5.42. The smallest absolute Gasteiger partial charge is 0.0949 e.